The van der Waals surface area contributed by atoms with E-state index in [9.17, 15) is 13.2 Å². The van der Waals surface area contributed by atoms with Gasteiger partial charge in [0.2, 0.25) is 10.0 Å². The zero-order valence-electron chi connectivity index (χ0n) is 10.5. The number of esters is 1. The summed E-state index contributed by atoms with van der Waals surface area (Å²) in [7, 11) is -3.81. The highest BCUT2D eigenvalue weighted by Crippen LogP contribution is 2.22. The van der Waals surface area contributed by atoms with E-state index in [-0.39, 0.29) is 11.5 Å². The van der Waals surface area contributed by atoms with Crippen LogP contribution >= 0.6 is 15.9 Å². The molecular formula is C11H15BrN2O4S. The fraction of sp³-hybridized carbons (Fsp3) is 0.364. The van der Waals surface area contributed by atoms with Gasteiger partial charge in [0.05, 0.1) is 11.5 Å². The number of sulfonamides is 1. The van der Waals surface area contributed by atoms with Crippen molar-refractivity contribution in [3.63, 3.8) is 0 Å². The van der Waals surface area contributed by atoms with Crippen LogP contribution in [0.4, 0.5) is 5.69 Å². The summed E-state index contributed by atoms with van der Waals surface area (Å²) >= 11 is 3.18. The Morgan fingerprint density at radius 2 is 2.16 bits per heavy atom. The summed E-state index contributed by atoms with van der Waals surface area (Å²) < 4.78 is 31.6. The second-order valence-corrected chi connectivity index (χ2v) is 6.35. The van der Waals surface area contributed by atoms with Crippen LogP contribution in [0.2, 0.25) is 0 Å². The van der Waals surface area contributed by atoms with Crippen LogP contribution in [-0.4, -0.2) is 27.0 Å². The molecule has 0 fully saturated rings. The molecule has 1 aromatic rings. The summed E-state index contributed by atoms with van der Waals surface area (Å²) in [6.45, 7) is 3.25. The smallest absolute Gasteiger partial charge is 0.323 e. The molecule has 0 saturated carbocycles. The van der Waals surface area contributed by atoms with Crippen molar-refractivity contribution in [3.8, 4) is 0 Å². The highest BCUT2D eigenvalue weighted by atomic mass is 79.9. The number of hydrogen-bond acceptors (Lipinski definition) is 5. The van der Waals surface area contributed by atoms with Crippen LogP contribution in [0.25, 0.3) is 0 Å². The number of rotatable bonds is 5. The zero-order chi connectivity index (χ0) is 14.6. The maximum atomic E-state index is 12.0. The fourth-order valence-corrected chi connectivity index (χ4v) is 2.78. The summed E-state index contributed by atoms with van der Waals surface area (Å²) in [5, 5.41) is 0. The van der Waals surface area contributed by atoms with E-state index < -0.39 is 22.0 Å². The standard InChI is InChI=1S/C11H15BrN2O4S/c1-3-18-11(15)7(2)14-19(16,17)8-4-5-9(12)10(13)6-8/h4-7,14H,3,13H2,1-2H3. The van der Waals surface area contributed by atoms with E-state index in [1.165, 1.54) is 25.1 Å². The average Bonchev–Trinajstić information content (AvgIpc) is 2.32. The predicted molar refractivity (Wildman–Crippen MR) is 75.0 cm³/mol. The summed E-state index contributed by atoms with van der Waals surface area (Å²) in [6.07, 6.45) is 0. The van der Waals surface area contributed by atoms with E-state index in [1.807, 2.05) is 0 Å². The van der Waals surface area contributed by atoms with Gasteiger partial charge in [-0.05, 0) is 48.0 Å². The minimum Gasteiger partial charge on any atom is -0.465 e. The Hall–Kier alpha value is -1.12. The molecule has 0 heterocycles. The fourth-order valence-electron chi connectivity index (χ4n) is 1.31. The molecule has 19 heavy (non-hydrogen) atoms. The Morgan fingerprint density at radius 1 is 1.53 bits per heavy atom. The lowest BCUT2D eigenvalue weighted by Gasteiger charge is -2.13. The topological polar surface area (TPSA) is 98.5 Å². The number of nitrogen functional groups attached to an aromatic ring is 1. The molecule has 6 nitrogen and oxygen atoms in total. The molecule has 0 aliphatic rings. The maximum Gasteiger partial charge on any atom is 0.323 e. The Kier molecular flexibility index (Phi) is 5.33. The molecule has 0 amide bonds. The van der Waals surface area contributed by atoms with Crippen molar-refractivity contribution in [1.29, 1.82) is 0 Å². The highest BCUT2D eigenvalue weighted by molar-refractivity contribution is 9.10. The van der Waals surface area contributed by atoms with E-state index in [4.69, 9.17) is 10.5 Å². The molecular weight excluding hydrogens is 336 g/mol. The highest BCUT2D eigenvalue weighted by Gasteiger charge is 2.23. The van der Waals surface area contributed by atoms with E-state index in [0.717, 1.165) is 0 Å². The van der Waals surface area contributed by atoms with Crippen molar-refractivity contribution in [2.24, 2.45) is 0 Å². The first-order chi connectivity index (χ1) is 8.77. The lowest BCUT2D eigenvalue weighted by Crippen LogP contribution is -2.39. The SMILES string of the molecule is CCOC(=O)C(C)NS(=O)(=O)c1ccc(Br)c(N)c1. The maximum absolute atomic E-state index is 12.0. The van der Waals surface area contributed by atoms with E-state index in [1.54, 1.807) is 6.92 Å². The van der Waals surface area contributed by atoms with Crippen LogP contribution < -0.4 is 10.5 Å². The Morgan fingerprint density at radius 3 is 2.68 bits per heavy atom. The van der Waals surface area contributed by atoms with Gasteiger partial charge in [0, 0.05) is 10.2 Å². The molecule has 0 saturated heterocycles. The van der Waals surface area contributed by atoms with E-state index >= 15 is 0 Å². The summed E-state index contributed by atoms with van der Waals surface area (Å²) in [5.41, 5.74) is 5.92. The monoisotopic (exact) mass is 350 g/mol. The second-order valence-electron chi connectivity index (χ2n) is 3.78. The molecule has 1 unspecified atom stereocenters. The van der Waals surface area contributed by atoms with Crippen molar-refractivity contribution in [2.75, 3.05) is 12.3 Å². The number of halogens is 1. The third-order valence-electron chi connectivity index (χ3n) is 2.25. The van der Waals surface area contributed by atoms with E-state index in [2.05, 4.69) is 20.7 Å². The molecule has 0 aliphatic carbocycles. The first-order valence-electron chi connectivity index (χ1n) is 5.52. The predicted octanol–water partition coefficient (Wildman–Crippen LogP) is 1.26. The Labute approximate surface area is 120 Å². The van der Waals surface area contributed by atoms with Gasteiger partial charge in [-0.2, -0.15) is 4.72 Å². The molecule has 0 bridgehead atoms. The van der Waals surface area contributed by atoms with Gasteiger partial charge in [-0.3, -0.25) is 4.79 Å². The van der Waals surface area contributed by atoms with Gasteiger partial charge in [-0.1, -0.05) is 0 Å². The number of ether oxygens (including phenoxy) is 1. The minimum absolute atomic E-state index is 0.00986. The van der Waals surface area contributed by atoms with Gasteiger partial charge in [-0.25, -0.2) is 8.42 Å². The first-order valence-corrected chi connectivity index (χ1v) is 7.79. The normalized spacial score (nSPS) is 13.0. The minimum atomic E-state index is -3.81. The number of anilines is 1. The number of carbonyl (C=O) groups is 1. The summed E-state index contributed by atoms with van der Waals surface area (Å²) in [4.78, 5) is 11.4. The van der Waals surface area contributed by atoms with Gasteiger partial charge in [0.1, 0.15) is 6.04 Å². The second kappa shape index (κ2) is 6.36. The number of carbonyl (C=O) groups excluding carboxylic acids is 1. The summed E-state index contributed by atoms with van der Waals surface area (Å²) in [5.74, 6) is -0.629. The average molecular weight is 351 g/mol. The van der Waals surface area contributed by atoms with E-state index in [0.29, 0.717) is 10.2 Å². The largest absolute Gasteiger partial charge is 0.465 e. The molecule has 0 spiro atoms. The third-order valence-corrected chi connectivity index (χ3v) is 4.51. The molecule has 1 atom stereocenters. The number of hydrogen-bond donors (Lipinski definition) is 2. The number of nitrogens with two attached hydrogens (primary N) is 1. The summed E-state index contributed by atoms with van der Waals surface area (Å²) in [6, 6.07) is 3.26. The third kappa shape index (κ3) is 4.19. The first kappa shape index (κ1) is 15.9. The van der Waals surface area contributed by atoms with Gasteiger partial charge in [0.25, 0.3) is 0 Å². The molecule has 0 aliphatic heterocycles. The molecule has 1 aromatic carbocycles. The number of benzene rings is 1. The zero-order valence-corrected chi connectivity index (χ0v) is 12.9. The van der Waals surface area contributed by atoms with Crippen LogP contribution in [0.5, 0.6) is 0 Å². The Bertz CT molecular complexity index is 574. The molecule has 0 radical (unpaired) electrons. The van der Waals surface area contributed by atoms with Crippen molar-refractivity contribution < 1.29 is 17.9 Å². The van der Waals surface area contributed by atoms with Crippen LogP contribution in [0.1, 0.15) is 13.8 Å². The van der Waals surface area contributed by atoms with Crippen LogP contribution in [-0.2, 0) is 19.6 Å². The number of nitrogens with one attached hydrogen (secondary N) is 1. The van der Waals surface area contributed by atoms with Gasteiger partial charge >= 0.3 is 5.97 Å². The van der Waals surface area contributed by atoms with Gasteiger partial charge < -0.3 is 10.5 Å². The van der Waals surface area contributed by atoms with Crippen LogP contribution in [0, 0.1) is 0 Å². The quantitative estimate of drug-likeness (QED) is 0.615. The van der Waals surface area contributed by atoms with Gasteiger partial charge in [0.15, 0.2) is 0 Å². The van der Waals surface area contributed by atoms with Crippen molar-refractivity contribution in [3.05, 3.63) is 22.7 Å². The molecule has 106 valence electrons. The Balaban J connectivity index is 2.92. The van der Waals surface area contributed by atoms with Crippen LogP contribution in [0.3, 0.4) is 0 Å². The van der Waals surface area contributed by atoms with Crippen molar-refractivity contribution >= 4 is 37.6 Å². The molecule has 8 heteroatoms. The molecule has 1 rings (SSSR count). The lowest BCUT2D eigenvalue weighted by molar-refractivity contribution is -0.144. The molecule has 3 N–H and O–H groups in total. The van der Waals surface area contributed by atoms with Crippen molar-refractivity contribution in [1.82, 2.24) is 4.72 Å². The van der Waals surface area contributed by atoms with Crippen molar-refractivity contribution in [2.45, 2.75) is 24.8 Å². The van der Waals surface area contributed by atoms with Gasteiger partial charge in [-0.15, -0.1) is 0 Å². The lowest BCUT2D eigenvalue weighted by atomic mass is 10.3. The molecule has 0 aromatic heterocycles. The van der Waals surface area contributed by atoms with Crippen LogP contribution in [0.15, 0.2) is 27.6 Å².